The number of urea groups is 1. The molecule has 1 heterocycles. The number of piperazine rings is 1. The number of rotatable bonds is 5. The Kier molecular flexibility index (Phi) is 8.12. The second-order valence-electron chi connectivity index (χ2n) is 7.57. The zero-order valence-corrected chi connectivity index (χ0v) is 18.5. The molecule has 3 N–H and O–H groups in total. The van der Waals surface area contributed by atoms with Gasteiger partial charge in [-0.2, -0.15) is 0 Å². The summed E-state index contributed by atoms with van der Waals surface area (Å²) in [5.41, 5.74) is 2.84. The van der Waals surface area contributed by atoms with Crippen molar-refractivity contribution in [3.8, 4) is 11.8 Å². The lowest BCUT2D eigenvalue weighted by molar-refractivity contribution is -0.125. The molecule has 0 saturated carbocycles. The molecule has 32 heavy (non-hydrogen) atoms. The van der Waals surface area contributed by atoms with Gasteiger partial charge in [-0.15, -0.1) is 0 Å². The Hall–Kier alpha value is -3.05. The summed E-state index contributed by atoms with van der Waals surface area (Å²) in [6.07, 6.45) is -1.08. The number of Topliss-reactive ketones (excluding diaryl/α,β-unsaturated/α-hetero) is 1. The summed E-state index contributed by atoms with van der Waals surface area (Å²) in [7, 11) is 0. The minimum Gasteiger partial charge on any atom is -0.391 e. The maximum atomic E-state index is 12.5. The van der Waals surface area contributed by atoms with Crippen molar-refractivity contribution < 1.29 is 19.8 Å². The van der Waals surface area contributed by atoms with Crippen molar-refractivity contribution in [2.24, 2.45) is 0 Å². The summed E-state index contributed by atoms with van der Waals surface area (Å²) in [6.45, 7) is 2.89. The van der Waals surface area contributed by atoms with Crippen LogP contribution < -0.4 is 10.2 Å². The Bertz CT molecular complexity index is 989. The summed E-state index contributed by atoms with van der Waals surface area (Å²) < 4.78 is 0. The minimum atomic E-state index is -1.12. The third kappa shape index (κ3) is 6.24. The van der Waals surface area contributed by atoms with Crippen LogP contribution in [0.5, 0.6) is 0 Å². The van der Waals surface area contributed by atoms with Gasteiger partial charge in [-0.3, -0.25) is 4.79 Å². The number of carbonyl (C=O) groups is 2. The molecule has 3 rings (SSSR count). The fourth-order valence-corrected chi connectivity index (χ4v) is 3.52. The number of anilines is 1. The summed E-state index contributed by atoms with van der Waals surface area (Å²) in [5.74, 6) is 5.63. The van der Waals surface area contributed by atoms with E-state index in [-0.39, 0.29) is 0 Å². The van der Waals surface area contributed by atoms with E-state index in [1.54, 1.807) is 4.90 Å². The number of aliphatic hydroxyl groups is 2. The Labute approximate surface area is 192 Å². The molecule has 1 saturated heterocycles. The van der Waals surface area contributed by atoms with Crippen LogP contribution in [0.15, 0.2) is 48.5 Å². The van der Waals surface area contributed by atoms with Crippen molar-refractivity contribution in [1.29, 1.82) is 0 Å². The van der Waals surface area contributed by atoms with E-state index in [1.807, 2.05) is 48.5 Å². The van der Waals surface area contributed by atoms with Crippen molar-refractivity contribution >= 4 is 29.1 Å². The van der Waals surface area contributed by atoms with Gasteiger partial charge in [0.2, 0.25) is 0 Å². The first kappa shape index (κ1) is 23.6. The van der Waals surface area contributed by atoms with Gasteiger partial charge in [0.25, 0.3) is 0 Å². The number of aliphatic hydroxyl groups excluding tert-OH is 2. The van der Waals surface area contributed by atoms with E-state index in [9.17, 15) is 14.7 Å². The average molecular weight is 456 g/mol. The molecule has 1 aliphatic heterocycles. The standard InChI is InChI=1S/C24H26ClN3O4/c1-17(30)23(22(31)16-29)26-24(32)28-14-12-27(13-15-28)21-10-6-19(7-11-21)3-2-18-4-8-20(25)9-5-18/h4-11,17,23,29-30H,12-16H2,1H3,(H,26,32)/t17-,23+/m0/s1. The third-order valence-electron chi connectivity index (χ3n) is 5.26. The molecule has 2 atom stereocenters. The van der Waals surface area contributed by atoms with Gasteiger partial charge in [0.1, 0.15) is 12.6 Å². The number of amides is 2. The molecular weight excluding hydrogens is 430 g/mol. The lowest BCUT2D eigenvalue weighted by atomic mass is 10.1. The molecular formula is C24H26ClN3O4. The van der Waals surface area contributed by atoms with Crippen LogP contribution in [0.4, 0.5) is 10.5 Å². The number of halogens is 1. The lowest BCUT2D eigenvalue weighted by Gasteiger charge is -2.36. The molecule has 2 aromatic rings. The smallest absolute Gasteiger partial charge is 0.318 e. The molecule has 2 amide bonds. The van der Waals surface area contributed by atoms with Gasteiger partial charge in [0.15, 0.2) is 5.78 Å². The molecule has 8 heteroatoms. The molecule has 168 valence electrons. The summed E-state index contributed by atoms with van der Waals surface area (Å²) in [4.78, 5) is 27.9. The number of ketones is 1. The molecule has 1 fully saturated rings. The Morgan fingerprint density at radius 3 is 2.03 bits per heavy atom. The van der Waals surface area contributed by atoms with Crippen LogP contribution in [0.2, 0.25) is 5.02 Å². The molecule has 0 aromatic heterocycles. The van der Waals surface area contributed by atoms with Gasteiger partial charge in [0.05, 0.1) is 6.10 Å². The van der Waals surface area contributed by atoms with E-state index >= 15 is 0 Å². The quantitative estimate of drug-likeness (QED) is 0.599. The Morgan fingerprint density at radius 2 is 1.53 bits per heavy atom. The maximum Gasteiger partial charge on any atom is 0.318 e. The van der Waals surface area contributed by atoms with Crippen LogP contribution in [0.1, 0.15) is 18.1 Å². The van der Waals surface area contributed by atoms with Gasteiger partial charge in [-0.1, -0.05) is 23.4 Å². The van der Waals surface area contributed by atoms with Crippen LogP contribution in [-0.4, -0.2) is 71.9 Å². The fraction of sp³-hybridized carbons (Fsp3) is 0.333. The van der Waals surface area contributed by atoms with Crippen molar-refractivity contribution in [2.45, 2.75) is 19.1 Å². The second-order valence-corrected chi connectivity index (χ2v) is 8.01. The van der Waals surface area contributed by atoms with Crippen molar-refractivity contribution in [1.82, 2.24) is 10.2 Å². The van der Waals surface area contributed by atoms with Crippen LogP contribution in [-0.2, 0) is 4.79 Å². The van der Waals surface area contributed by atoms with Crippen molar-refractivity contribution in [3.05, 3.63) is 64.7 Å². The van der Waals surface area contributed by atoms with Crippen LogP contribution in [0.3, 0.4) is 0 Å². The van der Waals surface area contributed by atoms with E-state index in [0.717, 1.165) is 16.8 Å². The first-order valence-electron chi connectivity index (χ1n) is 10.4. The number of nitrogens with zero attached hydrogens (tertiary/aromatic N) is 2. The number of nitrogens with one attached hydrogen (secondary N) is 1. The SMILES string of the molecule is C[C@H](O)[C@@H](NC(=O)N1CCN(c2ccc(C#Cc3ccc(Cl)cc3)cc2)CC1)C(=O)CO. The molecule has 0 unspecified atom stereocenters. The van der Waals surface area contributed by atoms with Gasteiger partial charge < -0.3 is 25.3 Å². The first-order chi connectivity index (χ1) is 15.4. The van der Waals surface area contributed by atoms with E-state index in [1.165, 1.54) is 6.92 Å². The predicted octanol–water partition coefficient (Wildman–Crippen LogP) is 1.88. The monoisotopic (exact) mass is 455 g/mol. The highest BCUT2D eigenvalue weighted by Gasteiger charge is 2.28. The molecule has 0 aliphatic carbocycles. The van der Waals surface area contributed by atoms with E-state index < -0.39 is 30.6 Å². The molecule has 0 radical (unpaired) electrons. The normalized spacial score (nSPS) is 15.4. The second kappa shape index (κ2) is 11.0. The Balaban J connectivity index is 1.54. The summed E-state index contributed by atoms with van der Waals surface area (Å²) >= 11 is 5.89. The summed E-state index contributed by atoms with van der Waals surface area (Å²) in [5, 5.41) is 21.9. The van der Waals surface area contributed by atoms with Crippen LogP contribution >= 0.6 is 11.6 Å². The highest BCUT2D eigenvalue weighted by Crippen LogP contribution is 2.17. The van der Waals surface area contributed by atoms with Crippen molar-refractivity contribution in [3.63, 3.8) is 0 Å². The van der Waals surface area contributed by atoms with E-state index in [4.69, 9.17) is 16.7 Å². The van der Waals surface area contributed by atoms with Gasteiger partial charge in [-0.25, -0.2) is 4.79 Å². The highest BCUT2D eigenvalue weighted by molar-refractivity contribution is 6.30. The lowest BCUT2D eigenvalue weighted by Crippen LogP contribution is -2.57. The van der Waals surface area contributed by atoms with Gasteiger partial charge in [-0.05, 0) is 55.5 Å². The number of carbonyl (C=O) groups excluding carboxylic acids is 2. The molecule has 1 aliphatic rings. The number of hydrogen-bond acceptors (Lipinski definition) is 5. The molecule has 2 aromatic carbocycles. The zero-order chi connectivity index (χ0) is 23.1. The third-order valence-corrected chi connectivity index (χ3v) is 5.51. The van der Waals surface area contributed by atoms with E-state index in [0.29, 0.717) is 31.2 Å². The maximum absolute atomic E-state index is 12.5. The largest absolute Gasteiger partial charge is 0.391 e. The average Bonchev–Trinajstić information content (AvgIpc) is 2.82. The first-order valence-corrected chi connectivity index (χ1v) is 10.7. The fourth-order valence-electron chi connectivity index (χ4n) is 3.39. The van der Waals surface area contributed by atoms with Gasteiger partial charge >= 0.3 is 6.03 Å². The Morgan fingerprint density at radius 1 is 1.00 bits per heavy atom. The molecule has 0 bridgehead atoms. The van der Waals surface area contributed by atoms with Crippen LogP contribution in [0.25, 0.3) is 0 Å². The topological polar surface area (TPSA) is 93.1 Å². The van der Waals surface area contributed by atoms with Gasteiger partial charge in [0, 0.05) is 48.0 Å². The number of hydrogen-bond donors (Lipinski definition) is 3. The van der Waals surface area contributed by atoms with E-state index in [2.05, 4.69) is 22.1 Å². The number of benzene rings is 2. The summed E-state index contributed by atoms with van der Waals surface area (Å²) in [6, 6.07) is 13.8. The zero-order valence-electron chi connectivity index (χ0n) is 17.8. The minimum absolute atomic E-state index is 0.426. The van der Waals surface area contributed by atoms with Crippen LogP contribution in [0, 0.1) is 11.8 Å². The predicted molar refractivity (Wildman–Crippen MR) is 124 cm³/mol. The molecule has 0 spiro atoms. The van der Waals surface area contributed by atoms with Crippen molar-refractivity contribution in [2.75, 3.05) is 37.7 Å². The molecule has 7 nitrogen and oxygen atoms in total. The highest BCUT2D eigenvalue weighted by atomic mass is 35.5.